The van der Waals surface area contributed by atoms with Gasteiger partial charge >= 0.3 is 0 Å². The molecular weight excluding hydrogens is 400 g/mol. The normalized spacial score (nSPS) is 16.4. The van der Waals surface area contributed by atoms with E-state index in [1.807, 2.05) is 56.5 Å². The second-order valence-corrected chi connectivity index (χ2v) is 8.99. The Balaban J connectivity index is 1.94. The molecule has 1 aliphatic heterocycles. The van der Waals surface area contributed by atoms with Gasteiger partial charge in [0.05, 0.1) is 28.3 Å². The third-order valence-corrected chi connectivity index (χ3v) is 7.01. The van der Waals surface area contributed by atoms with Crippen molar-refractivity contribution < 1.29 is 9.59 Å². The van der Waals surface area contributed by atoms with Gasteiger partial charge in [-0.15, -0.1) is 11.3 Å². The zero-order valence-corrected chi connectivity index (χ0v) is 18.5. The Bertz CT molecular complexity index is 1070. The van der Waals surface area contributed by atoms with Gasteiger partial charge in [-0.05, 0) is 44.7 Å². The van der Waals surface area contributed by atoms with E-state index in [1.54, 1.807) is 11.3 Å². The number of carbonyl (C=O) groups is 2. The minimum absolute atomic E-state index is 0.00411. The van der Waals surface area contributed by atoms with Crippen LogP contribution < -0.4 is 5.32 Å². The van der Waals surface area contributed by atoms with E-state index in [2.05, 4.69) is 11.4 Å². The maximum atomic E-state index is 12.6. The lowest BCUT2D eigenvalue weighted by Crippen LogP contribution is -2.27. The number of hydrogen-bond acceptors (Lipinski definition) is 6. The molecule has 1 N–H and O–H groups in total. The highest BCUT2D eigenvalue weighted by Crippen LogP contribution is 2.43. The third-order valence-electron chi connectivity index (χ3n) is 4.91. The summed E-state index contributed by atoms with van der Waals surface area (Å²) in [4.78, 5) is 26.0. The molecule has 6 heteroatoms. The second kappa shape index (κ2) is 8.81. The van der Waals surface area contributed by atoms with Crippen LogP contribution in [0.25, 0.3) is 0 Å². The number of aryl methyl sites for hydroxylation is 2. The molecule has 29 heavy (non-hydrogen) atoms. The molecule has 2 aromatic rings. The molecule has 1 atom stereocenters. The van der Waals surface area contributed by atoms with E-state index in [1.165, 1.54) is 18.7 Å². The smallest absolute Gasteiger partial charge is 0.173 e. The quantitative estimate of drug-likeness (QED) is 0.643. The highest BCUT2D eigenvalue weighted by molar-refractivity contribution is 8.03. The first-order chi connectivity index (χ1) is 13.8. The average Bonchev–Trinajstić information content (AvgIpc) is 3.11. The van der Waals surface area contributed by atoms with Crippen LogP contribution in [0.5, 0.6) is 0 Å². The van der Waals surface area contributed by atoms with Crippen molar-refractivity contribution in [3.8, 4) is 6.07 Å². The summed E-state index contributed by atoms with van der Waals surface area (Å²) >= 11 is 2.86. The number of Topliss-reactive ketones (excluding diaryl/α,β-unsaturated/α-hetero) is 2. The number of nitrogens with one attached hydrogen (secondary N) is 1. The van der Waals surface area contributed by atoms with Crippen LogP contribution in [0.4, 0.5) is 0 Å². The van der Waals surface area contributed by atoms with Crippen LogP contribution in [-0.4, -0.2) is 17.3 Å². The molecule has 1 aliphatic rings. The fraction of sp³-hybridized carbons (Fsp3) is 0.261. The predicted octanol–water partition coefficient (Wildman–Crippen LogP) is 5.27. The number of nitrogens with zero attached hydrogens (tertiary/aromatic N) is 1. The number of dihydropyridines is 1. The minimum Gasteiger partial charge on any atom is -0.353 e. The summed E-state index contributed by atoms with van der Waals surface area (Å²) in [6.07, 6.45) is 0. The lowest BCUT2D eigenvalue weighted by Gasteiger charge is -2.29. The molecule has 148 valence electrons. The summed E-state index contributed by atoms with van der Waals surface area (Å²) in [6, 6.07) is 11.8. The van der Waals surface area contributed by atoms with Gasteiger partial charge in [0.1, 0.15) is 0 Å². The molecule has 0 saturated carbocycles. The topological polar surface area (TPSA) is 70.0 Å². The van der Waals surface area contributed by atoms with Gasteiger partial charge in [-0.25, -0.2) is 0 Å². The Morgan fingerprint density at radius 1 is 1.17 bits per heavy atom. The summed E-state index contributed by atoms with van der Waals surface area (Å²) in [5, 5.41) is 15.8. The second-order valence-electron chi connectivity index (χ2n) is 7.05. The molecule has 0 saturated heterocycles. The van der Waals surface area contributed by atoms with Gasteiger partial charge < -0.3 is 5.32 Å². The zero-order chi connectivity index (χ0) is 21.1. The van der Waals surface area contributed by atoms with Gasteiger partial charge in [-0.1, -0.05) is 41.6 Å². The molecule has 0 unspecified atom stereocenters. The summed E-state index contributed by atoms with van der Waals surface area (Å²) in [7, 11) is 0. The summed E-state index contributed by atoms with van der Waals surface area (Å²) in [5.74, 6) is -0.226. The minimum atomic E-state index is -0.393. The number of benzene rings is 1. The number of ketones is 2. The number of nitriles is 1. The molecule has 4 nitrogen and oxygen atoms in total. The zero-order valence-electron chi connectivity index (χ0n) is 16.8. The Morgan fingerprint density at radius 2 is 1.86 bits per heavy atom. The molecule has 0 aliphatic carbocycles. The first-order valence-electron chi connectivity index (χ1n) is 9.23. The molecule has 3 rings (SSSR count). The van der Waals surface area contributed by atoms with Crippen molar-refractivity contribution in [1.82, 2.24) is 5.32 Å². The molecule has 0 bridgehead atoms. The molecule has 0 radical (unpaired) electrons. The lowest BCUT2D eigenvalue weighted by molar-refractivity contribution is -0.113. The van der Waals surface area contributed by atoms with Crippen LogP contribution in [0, 0.1) is 25.2 Å². The fourth-order valence-electron chi connectivity index (χ4n) is 3.40. The van der Waals surface area contributed by atoms with Crippen LogP contribution in [0.1, 0.15) is 46.1 Å². The SMILES string of the molecule is CC(=O)C1=C(C)NC(SCC(=O)c2ccc(C)cc2)=C(C#N)[C@@H]1c1sccc1C. The number of thiophene rings is 1. The maximum Gasteiger partial charge on any atom is 0.173 e. The average molecular weight is 423 g/mol. The van der Waals surface area contributed by atoms with E-state index in [4.69, 9.17) is 0 Å². The van der Waals surface area contributed by atoms with Crippen LogP contribution in [0.2, 0.25) is 0 Å². The molecule has 0 spiro atoms. The Kier molecular flexibility index (Phi) is 6.41. The highest BCUT2D eigenvalue weighted by Gasteiger charge is 2.34. The van der Waals surface area contributed by atoms with Crippen molar-refractivity contribution in [1.29, 1.82) is 5.26 Å². The standard InChI is InChI=1S/C23H22N2O2S2/c1-13-5-7-17(8-6-13)19(27)12-29-23-18(11-24)21(22-14(2)9-10-28-22)20(16(4)26)15(3)25-23/h5-10,21,25H,12H2,1-4H3/t21-/m0/s1. The summed E-state index contributed by atoms with van der Waals surface area (Å²) in [6.45, 7) is 7.35. The maximum absolute atomic E-state index is 12.6. The van der Waals surface area contributed by atoms with Gasteiger partial charge in [-0.3, -0.25) is 9.59 Å². The van der Waals surface area contributed by atoms with Crippen molar-refractivity contribution in [2.24, 2.45) is 0 Å². The van der Waals surface area contributed by atoms with Crippen molar-refractivity contribution in [2.45, 2.75) is 33.6 Å². The Morgan fingerprint density at radius 3 is 2.41 bits per heavy atom. The number of allylic oxidation sites excluding steroid dienone is 3. The summed E-state index contributed by atoms with van der Waals surface area (Å²) < 4.78 is 0. The van der Waals surface area contributed by atoms with E-state index < -0.39 is 5.92 Å². The Hall–Kier alpha value is -2.62. The van der Waals surface area contributed by atoms with Gasteiger partial charge in [0.25, 0.3) is 0 Å². The molecule has 1 aromatic carbocycles. The van der Waals surface area contributed by atoms with Crippen molar-refractivity contribution in [3.05, 3.63) is 79.2 Å². The number of thioether (sulfide) groups is 1. The van der Waals surface area contributed by atoms with Gasteiger partial charge in [0, 0.05) is 21.7 Å². The number of carbonyl (C=O) groups excluding carboxylic acids is 2. The van der Waals surface area contributed by atoms with Crippen molar-refractivity contribution >= 4 is 34.7 Å². The highest BCUT2D eigenvalue weighted by atomic mass is 32.2. The first kappa shape index (κ1) is 21.1. The molecular formula is C23H22N2O2S2. The van der Waals surface area contributed by atoms with E-state index in [-0.39, 0.29) is 17.3 Å². The fourth-order valence-corrected chi connectivity index (χ4v) is 5.43. The van der Waals surface area contributed by atoms with Crippen LogP contribution in [0.3, 0.4) is 0 Å². The van der Waals surface area contributed by atoms with Crippen LogP contribution in [-0.2, 0) is 4.79 Å². The molecule has 1 aromatic heterocycles. The largest absolute Gasteiger partial charge is 0.353 e. The van der Waals surface area contributed by atoms with Crippen LogP contribution in [0.15, 0.2) is 57.6 Å². The Labute approximate surface area is 179 Å². The number of rotatable bonds is 6. The van der Waals surface area contributed by atoms with Crippen molar-refractivity contribution in [2.75, 3.05) is 5.75 Å². The molecule has 2 heterocycles. The van der Waals surface area contributed by atoms with E-state index >= 15 is 0 Å². The van der Waals surface area contributed by atoms with Gasteiger partial charge in [0.2, 0.25) is 0 Å². The molecule has 0 fully saturated rings. The lowest BCUT2D eigenvalue weighted by atomic mass is 9.84. The van der Waals surface area contributed by atoms with E-state index in [0.29, 0.717) is 21.7 Å². The van der Waals surface area contributed by atoms with Gasteiger partial charge in [-0.2, -0.15) is 5.26 Å². The van der Waals surface area contributed by atoms with E-state index in [9.17, 15) is 14.9 Å². The first-order valence-corrected chi connectivity index (χ1v) is 11.1. The predicted molar refractivity (Wildman–Crippen MR) is 119 cm³/mol. The van der Waals surface area contributed by atoms with Crippen molar-refractivity contribution in [3.63, 3.8) is 0 Å². The summed E-state index contributed by atoms with van der Waals surface area (Å²) in [5.41, 5.74) is 4.65. The number of hydrogen-bond donors (Lipinski definition) is 1. The van der Waals surface area contributed by atoms with E-state index in [0.717, 1.165) is 21.7 Å². The van der Waals surface area contributed by atoms with Crippen LogP contribution >= 0.6 is 23.1 Å². The third kappa shape index (κ3) is 4.36. The van der Waals surface area contributed by atoms with Gasteiger partial charge in [0.15, 0.2) is 11.6 Å². The molecule has 0 amide bonds. The monoisotopic (exact) mass is 422 g/mol.